The smallest absolute Gasteiger partial charge is 0.136 e. The molecule has 247 valence electrons. The van der Waals surface area contributed by atoms with Crippen LogP contribution in [0.5, 0.6) is 0 Å². The molecule has 0 fully saturated rings. The zero-order valence-corrected chi connectivity index (χ0v) is 31.8. The van der Waals surface area contributed by atoms with Crippen LogP contribution in [0.25, 0.3) is 49.9 Å². The zero-order chi connectivity index (χ0) is 34.3. The maximum Gasteiger partial charge on any atom is 0.136 e. The molecule has 0 aliphatic rings. The molecule has 0 aliphatic carbocycles. The van der Waals surface area contributed by atoms with Gasteiger partial charge in [-0.15, -0.1) is 0 Å². The van der Waals surface area contributed by atoms with Crippen molar-refractivity contribution < 1.29 is 42.3 Å². The first-order valence-electron chi connectivity index (χ1n) is 16.6. The van der Waals surface area contributed by atoms with Crippen molar-refractivity contribution in [1.29, 1.82) is 0 Å². The van der Waals surface area contributed by atoms with E-state index >= 15 is 0 Å². The molecule has 0 amide bonds. The summed E-state index contributed by atoms with van der Waals surface area (Å²) in [6.45, 7) is 7.96. The molecule has 1 aromatic heterocycles. The molecule has 0 spiro atoms. The summed E-state index contributed by atoms with van der Waals surface area (Å²) < 4.78 is 6.20. The fourth-order valence-electron chi connectivity index (χ4n) is 6.38. The van der Waals surface area contributed by atoms with E-state index in [1.807, 2.05) is 63.4 Å². The predicted octanol–water partition coefficient (Wildman–Crippen LogP) is 11.7. The average molecular weight is 733 g/mol. The molecule has 2 N–H and O–H groups in total. The number of benzene rings is 6. The van der Waals surface area contributed by atoms with Gasteiger partial charge in [0.25, 0.3) is 0 Å². The summed E-state index contributed by atoms with van der Waals surface area (Å²) in [5, 5.41) is 16.6. The maximum atomic E-state index is 10.2. The van der Waals surface area contributed by atoms with E-state index in [1.54, 1.807) is 7.05 Å². The number of allylic oxidation sites excluding steroid dienone is 1. The average Bonchev–Trinajstić information content (AvgIpc) is 3.55. The van der Waals surface area contributed by atoms with Gasteiger partial charge in [-0.25, -0.2) is 0 Å². The minimum Gasteiger partial charge on any atom is -0.456 e. The maximum absolute atomic E-state index is 10.2. The number of anilines is 2. The number of para-hydroxylation sites is 1. The van der Waals surface area contributed by atoms with Gasteiger partial charge in [-0.3, -0.25) is 15.3 Å². The molecule has 6 heteroatoms. The largest absolute Gasteiger partial charge is 0.456 e. The van der Waals surface area contributed by atoms with Crippen LogP contribution in [-0.2, 0) is 32.7 Å². The second-order valence-corrected chi connectivity index (χ2v) is 11.6. The molecule has 50 heavy (non-hydrogen) atoms. The summed E-state index contributed by atoms with van der Waals surface area (Å²) in [7, 11) is 3.46. The molecule has 6 aromatic carbocycles. The summed E-state index contributed by atoms with van der Waals surface area (Å²) >= 11 is 0. The summed E-state index contributed by atoms with van der Waals surface area (Å²) in [5.74, 6) is -0.0617. The number of hydroxylamine groups is 1. The third kappa shape index (κ3) is 7.51. The summed E-state index contributed by atoms with van der Waals surface area (Å²) in [6, 6.07) is 48.0. The summed E-state index contributed by atoms with van der Waals surface area (Å²) in [6.07, 6.45) is 2.20. The number of hydrogen-bond donors (Lipinski definition) is 2. The Labute approximate surface area is 319 Å². The minimum absolute atomic E-state index is 0. The number of nitrogens with one attached hydrogen (secondary N) is 1. The molecule has 1 heterocycles. The van der Waals surface area contributed by atoms with Crippen molar-refractivity contribution in [3.8, 4) is 22.3 Å². The van der Waals surface area contributed by atoms with E-state index in [9.17, 15) is 5.21 Å². The third-order valence-electron chi connectivity index (χ3n) is 8.74. The van der Waals surface area contributed by atoms with Crippen LogP contribution in [0.4, 0.5) is 11.4 Å². The van der Waals surface area contributed by atoms with Crippen LogP contribution < -0.4 is 10.4 Å². The molecule has 1 atom stereocenters. The second kappa shape index (κ2) is 16.7. The van der Waals surface area contributed by atoms with Gasteiger partial charge >= 0.3 is 0 Å². The fourth-order valence-corrected chi connectivity index (χ4v) is 6.38. The first kappa shape index (κ1) is 36.5. The van der Waals surface area contributed by atoms with Gasteiger partial charge in [-0.05, 0) is 76.0 Å². The van der Waals surface area contributed by atoms with Gasteiger partial charge in [0, 0.05) is 63.5 Å². The number of furan rings is 1. The summed E-state index contributed by atoms with van der Waals surface area (Å²) in [4.78, 5) is 4.51. The Hall–Kier alpha value is -4.81. The molecule has 0 saturated carbocycles. The van der Waals surface area contributed by atoms with Gasteiger partial charge in [0.2, 0.25) is 0 Å². The van der Waals surface area contributed by atoms with Crippen molar-refractivity contribution in [1.82, 2.24) is 0 Å². The topological polar surface area (TPSA) is 61.0 Å². The number of nitrogens with zero attached hydrogens (tertiary/aromatic N) is 2. The van der Waals surface area contributed by atoms with Crippen LogP contribution >= 0.6 is 0 Å². The number of hydrogen-bond acceptors (Lipinski definition) is 5. The van der Waals surface area contributed by atoms with Gasteiger partial charge in [0.05, 0.1) is 17.1 Å². The van der Waals surface area contributed by atoms with E-state index in [1.165, 1.54) is 5.56 Å². The van der Waals surface area contributed by atoms with E-state index in [0.717, 1.165) is 71.8 Å². The Balaban J connectivity index is 0.00000159. The van der Waals surface area contributed by atoms with Crippen molar-refractivity contribution in [2.45, 2.75) is 19.8 Å². The molecule has 5 nitrogen and oxygen atoms in total. The molecule has 7 rings (SSSR count). The van der Waals surface area contributed by atoms with Crippen LogP contribution in [0.3, 0.4) is 0 Å². The standard InChI is InChI=1S/C42H35N3O2.C2H6.Y/c1-43-37-24-23-31(26-39(37)45(3)46)28-19-21-30(22-20-28)38(44-2)27-36(29-11-5-4-6-12-29)33-14-9-13-32(25-33)34-16-10-18-41-42(34)35-15-7-8-17-40(35)47-41;1-2;/h4-27,36,43,46H,2H2,1,3H3;1-2H3;/b38-27-;;. The van der Waals surface area contributed by atoms with Crippen molar-refractivity contribution in [2.75, 3.05) is 24.5 Å². The molecule has 0 aliphatic heterocycles. The van der Waals surface area contributed by atoms with Crippen molar-refractivity contribution in [3.63, 3.8) is 0 Å². The van der Waals surface area contributed by atoms with E-state index in [0.29, 0.717) is 5.69 Å². The van der Waals surface area contributed by atoms with Gasteiger partial charge in [0.1, 0.15) is 11.2 Å². The SMILES string of the molecule is C=N/C(=C\C(c1ccccc1)c1cccc(-c2cccc3oc4ccccc4c23)c1)c1ccc(-c2ccc(NC)c(N(C)O)c2)cc1.CC.[Y]. The Morgan fingerprint density at radius 1 is 0.740 bits per heavy atom. The Morgan fingerprint density at radius 3 is 2.12 bits per heavy atom. The zero-order valence-electron chi connectivity index (χ0n) is 29.0. The van der Waals surface area contributed by atoms with Gasteiger partial charge < -0.3 is 9.73 Å². The first-order chi connectivity index (χ1) is 24.0. The van der Waals surface area contributed by atoms with E-state index in [2.05, 4.69) is 120 Å². The van der Waals surface area contributed by atoms with Gasteiger partial charge in [-0.2, -0.15) is 0 Å². The predicted molar refractivity (Wildman–Crippen MR) is 208 cm³/mol. The Kier molecular flexibility index (Phi) is 12.2. The van der Waals surface area contributed by atoms with Gasteiger partial charge in [0.15, 0.2) is 0 Å². The number of fused-ring (bicyclic) bond motifs is 3. The fraction of sp³-hybridized carbons (Fsp3) is 0.114. The molecular weight excluding hydrogens is 691 g/mol. The van der Waals surface area contributed by atoms with E-state index in [-0.39, 0.29) is 38.6 Å². The van der Waals surface area contributed by atoms with Crippen LogP contribution in [0.1, 0.15) is 36.5 Å². The van der Waals surface area contributed by atoms with Gasteiger partial charge in [-0.1, -0.05) is 129 Å². The van der Waals surface area contributed by atoms with Crippen LogP contribution in [-0.4, -0.2) is 26.0 Å². The van der Waals surface area contributed by atoms with Crippen LogP contribution in [0, 0.1) is 0 Å². The molecular formula is C44H41N3O2Y. The minimum atomic E-state index is -0.0617. The molecule has 0 bridgehead atoms. The number of rotatable bonds is 9. The molecule has 1 radical (unpaired) electrons. The molecule has 0 saturated heterocycles. The normalized spacial score (nSPS) is 11.7. The molecule has 7 aromatic rings. The Bertz CT molecular complexity index is 2240. The Morgan fingerprint density at radius 2 is 1.40 bits per heavy atom. The van der Waals surface area contributed by atoms with E-state index < -0.39 is 0 Å². The van der Waals surface area contributed by atoms with Crippen LogP contribution in [0.15, 0.2) is 155 Å². The van der Waals surface area contributed by atoms with Crippen molar-refractivity contribution >= 4 is 45.7 Å². The molecule has 1 unspecified atom stereocenters. The quantitative estimate of drug-likeness (QED) is 0.115. The first-order valence-corrected chi connectivity index (χ1v) is 16.6. The van der Waals surface area contributed by atoms with Crippen molar-refractivity contribution in [2.24, 2.45) is 4.99 Å². The number of aliphatic imine (C=N–C) groups is 1. The van der Waals surface area contributed by atoms with E-state index in [4.69, 9.17) is 4.42 Å². The van der Waals surface area contributed by atoms with Crippen molar-refractivity contribution in [3.05, 3.63) is 162 Å². The third-order valence-corrected chi connectivity index (χ3v) is 8.74. The summed E-state index contributed by atoms with van der Waals surface area (Å²) in [5.41, 5.74) is 11.7. The second-order valence-electron chi connectivity index (χ2n) is 11.6. The monoisotopic (exact) mass is 732 g/mol. The van der Waals surface area contributed by atoms with Crippen LogP contribution in [0.2, 0.25) is 0 Å².